The summed E-state index contributed by atoms with van der Waals surface area (Å²) < 4.78 is 5.43. The summed E-state index contributed by atoms with van der Waals surface area (Å²) in [6, 6.07) is 9.52. The number of aromatic nitrogens is 2. The molecule has 2 unspecified atom stereocenters. The number of rotatable bonds is 13. The molecule has 0 saturated heterocycles. The average molecular weight is 529 g/mol. The number of hydrogen-bond donors (Lipinski definition) is 5. The second-order valence-electron chi connectivity index (χ2n) is 10.0. The molecule has 38 heavy (non-hydrogen) atoms. The molecule has 2 aromatic rings. The number of carbonyl (C=O) groups excluding carboxylic acids is 1. The number of carboxylic acids is 3. The van der Waals surface area contributed by atoms with Crippen LogP contribution in [0.25, 0.3) is 0 Å². The average Bonchev–Trinajstić information content (AvgIpc) is 3.34. The molecule has 12 nitrogen and oxygen atoms in total. The SMILES string of the molecule is O=C(O)CCC(CC(=O)O)NC(=O)NC(CCCC[N+]12Cc3cccc[n+]3C1[n+]1ccccc1C2)C(=O)O. The molecule has 2 amide bonds. The molecule has 12 heteroatoms. The smallest absolute Gasteiger partial charge is 0.481 e. The number of pyridine rings is 2. The Kier molecular flexibility index (Phi) is 8.20. The van der Waals surface area contributed by atoms with Crippen molar-refractivity contribution in [3.8, 4) is 0 Å². The van der Waals surface area contributed by atoms with Crippen molar-refractivity contribution in [1.82, 2.24) is 10.6 Å². The molecule has 2 aliphatic heterocycles. The zero-order valence-electron chi connectivity index (χ0n) is 21.0. The van der Waals surface area contributed by atoms with Crippen LogP contribution in [0.5, 0.6) is 0 Å². The van der Waals surface area contributed by atoms with Gasteiger partial charge in [-0.15, -0.1) is 0 Å². The van der Waals surface area contributed by atoms with E-state index in [1.807, 2.05) is 24.3 Å². The van der Waals surface area contributed by atoms with Gasteiger partial charge < -0.3 is 26.0 Å². The highest BCUT2D eigenvalue weighted by Gasteiger charge is 2.63. The van der Waals surface area contributed by atoms with Gasteiger partial charge in [0.1, 0.15) is 6.04 Å². The van der Waals surface area contributed by atoms with Crippen molar-refractivity contribution >= 4 is 23.9 Å². The van der Waals surface area contributed by atoms with Gasteiger partial charge in [-0.25, -0.2) is 9.59 Å². The van der Waals surface area contributed by atoms with Crippen LogP contribution in [-0.2, 0) is 27.5 Å². The van der Waals surface area contributed by atoms with Crippen LogP contribution in [0.2, 0.25) is 0 Å². The number of carboxylic acid groups (broad SMARTS) is 3. The fourth-order valence-electron chi connectivity index (χ4n) is 5.65. The van der Waals surface area contributed by atoms with Crippen molar-refractivity contribution in [2.45, 2.75) is 70.0 Å². The zero-order chi connectivity index (χ0) is 27.3. The minimum absolute atomic E-state index is 0.0746. The Morgan fingerprint density at radius 1 is 0.868 bits per heavy atom. The summed E-state index contributed by atoms with van der Waals surface area (Å²) in [5, 5.41) is 32.3. The summed E-state index contributed by atoms with van der Waals surface area (Å²) in [5.41, 5.74) is 2.50. The highest BCUT2D eigenvalue weighted by atomic mass is 16.4. The third-order valence-electron chi connectivity index (χ3n) is 7.31. The molecule has 4 heterocycles. The minimum Gasteiger partial charge on any atom is -0.481 e. The van der Waals surface area contributed by atoms with Gasteiger partial charge in [-0.05, 0) is 37.8 Å². The normalized spacial score (nSPS) is 20.5. The predicted octanol–water partition coefficient (Wildman–Crippen LogP) is 0.741. The Morgan fingerprint density at radius 3 is 2.05 bits per heavy atom. The zero-order valence-corrected chi connectivity index (χ0v) is 21.0. The fourth-order valence-corrected chi connectivity index (χ4v) is 5.65. The number of aliphatic carboxylic acids is 3. The second-order valence-corrected chi connectivity index (χ2v) is 10.0. The van der Waals surface area contributed by atoms with E-state index >= 15 is 0 Å². The molecule has 0 saturated carbocycles. The lowest BCUT2D eigenvalue weighted by molar-refractivity contribution is -1.16. The molecule has 0 aliphatic carbocycles. The maximum Gasteiger partial charge on any atom is 0.484 e. The van der Waals surface area contributed by atoms with Gasteiger partial charge in [0.25, 0.3) is 0 Å². The molecule has 2 aliphatic rings. The van der Waals surface area contributed by atoms with Crippen molar-refractivity contribution in [2.24, 2.45) is 0 Å². The van der Waals surface area contributed by atoms with Crippen LogP contribution in [0.1, 0.15) is 56.2 Å². The molecule has 0 spiro atoms. The van der Waals surface area contributed by atoms with Gasteiger partial charge in [-0.1, -0.05) is 9.13 Å². The number of unbranched alkanes of at least 4 members (excludes halogenated alkanes) is 1. The van der Waals surface area contributed by atoms with Gasteiger partial charge in [-0.2, -0.15) is 4.48 Å². The highest BCUT2D eigenvalue weighted by Crippen LogP contribution is 2.34. The molecule has 0 radical (unpaired) electrons. The third kappa shape index (κ3) is 6.08. The van der Waals surface area contributed by atoms with Crippen LogP contribution in [0.4, 0.5) is 4.79 Å². The fraction of sp³-hybridized carbons (Fsp3) is 0.462. The molecule has 2 atom stereocenters. The van der Waals surface area contributed by atoms with Crippen LogP contribution < -0.4 is 19.8 Å². The standard InChI is InChI=1S/C26H31N5O7/c32-22(33)11-10-18(15-23(34)35)27-25(38)28-21(24(36)37)9-3-6-14-31-16-19-7-1-4-12-29(19)26(31)30-13-5-2-8-20(30)17-31/h1-2,4-5,7-8,12-13,18,21,26H,3,6,9-11,14-17H2,(H2-3,27,28,32,33,34,35,36,37,38)/p+3. The highest BCUT2D eigenvalue weighted by molar-refractivity contribution is 5.83. The number of hydrogen-bond acceptors (Lipinski definition) is 4. The number of carbonyl (C=O) groups is 4. The van der Waals surface area contributed by atoms with Crippen molar-refractivity contribution in [2.75, 3.05) is 6.54 Å². The maximum absolute atomic E-state index is 12.4. The minimum atomic E-state index is -1.19. The predicted molar refractivity (Wildman–Crippen MR) is 130 cm³/mol. The van der Waals surface area contributed by atoms with E-state index in [0.717, 1.165) is 30.5 Å². The van der Waals surface area contributed by atoms with E-state index in [2.05, 4.69) is 44.3 Å². The van der Waals surface area contributed by atoms with Crippen LogP contribution >= 0.6 is 0 Å². The summed E-state index contributed by atoms with van der Waals surface area (Å²) in [7, 11) is 0. The number of fused-ring (bicyclic) bond motifs is 5. The van der Waals surface area contributed by atoms with Crippen LogP contribution in [0.3, 0.4) is 0 Å². The molecule has 0 fully saturated rings. The Morgan fingerprint density at radius 2 is 1.50 bits per heavy atom. The first-order valence-electron chi connectivity index (χ1n) is 12.8. The number of amides is 2. The molecule has 0 bridgehead atoms. The number of nitrogens with zero attached hydrogens (tertiary/aromatic N) is 3. The first-order valence-corrected chi connectivity index (χ1v) is 12.8. The summed E-state index contributed by atoms with van der Waals surface area (Å²) in [6.45, 7) is 2.58. The lowest BCUT2D eigenvalue weighted by atomic mass is 10.1. The molecule has 202 valence electrons. The lowest BCUT2D eigenvalue weighted by Gasteiger charge is -2.25. The van der Waals surface area contributed by atoms with E-state index in [4.69, 9.17) is 10.2 Å². The van der Waals surface area contributed by atoms with Gasteiger partial charge in [0.15, 0.2) is 25.5 Å². The molecular weight excluding hydrogens is 494 g/mol. The topological polar surface area (TPSA) is 161 Å². The largest absolute Gasteiger partial charge is 0.484 e. The summed E-state index contributed by atoms with van der Waals surface area (Å²) in [4.78, 5) is 46.1. The number of nitrogens with one attached hydrogen (secondary N) is 2. The van der Waals surface area contributed by atoms with Gasteiger partial charge in [0, 0.05) is 36.7 Å². The van der Waals surface area contributed by atoms with E-state index in [1.165, 1.54) is 11.4 Å². The van der Waals surface area contributed by atoms with Crippen molar-refractivity contribution < 1.29 is 48.1 Å². The third-order valence-corrected chi connectivity index (χ3v) is 7.31. The molecule has 5 N–H and O–H groups in total. The Balaban J connectivity index is 1.33. The first kappa shape index (κ1) is 27.0. The van der Waals surface area contributed by atoms with Gasteiger partial charge in [-0.3, -0.25) is 9.59 Å². The Bertz CT molecular complexity index is 1170. The van der Waals surface area contributed by atoms with Crippen LogP contribution in [-0.4, -0.2) is 62.4 Å². The van der Waals surface area contributed by atoms with Crippen molar-refractivity contribution in [3.63, 3.8) is 0 Å². The molecule has 4 rings (SSSR count). The maximum atomic E-state index is 12.4. The molecule has 0 aromatic carbocycles. The van der Waals surface area contributed by atoms with E-state index < -0.39 is 42.4 Å². The quantitative estimate of drug-likeness (QED) is 0.146. The van der Waals surface area contributed by atoms with E-state index in [9.17, 15) is 24.3 Å². The van der Waals surface area contributed by atoms with Gasteiger partial charge >= 0.3 is 30.2 Å². The Labute approximate surface area is 219 Å². The van der Waals surface area contributed by atoms with Crippen molar-refractivity contribution in [3.05, 3.63) is 60.2 Å². The molecule has 2 aromatic heterocycles. The van der Waals surface area contributed by atoms with Gasteiger partial charge in [0.05, 0.1) is 13.0 Å². The first-order chi connectivity index (χ1) is 18.2. The van der Waals surface area contributed by atoms with E-state index in [-0.39, 0.29) is 25.6 Å². The summed E-state index contributed by atoms with van der Waals surface area (Å²) >= 11 is 0. The van der Waals surface area contributed by atoms with Gasteiger partial charge in [0.2, 0.25) is 11.4 Å². The van der Waals surface area contributed by atoms with Crippen LogP contribution in [0, 0.1) is 0 Å². The summed E-state index contributed by atoms with van der Waals surface area (Å²) in [5.74, 6) is -3.48. The van der Waals surface area contributed by atoms with E-state index in [1.54, 1.807) is 0 Å². The van der Waals surface area contributed by atoms with E-state index in [0.29, 0.717) is 6.42 Å². The summed E-state index contributed by atoms with van der Waals surface area (Å²) in [6.07, 6.45) is 5.01. The Hall–Kier alpha value is -4.06. The van der Waals surface area contributed by atoms with Crippen molar-refractivity contribution in [1.29, 1.82) is 0 Å². The number of urea groups is 1. The monoisotopic (exact) mass is 528 g/mol. The lowest BCUT2D eigenvalue weighted by Crippen LogP contribution is -2.62. The molecular formula is C26H34N5O7+3. The number of quaternary nitrogens is 1. The second kappa shape index (κ2) is 11.5. The van der Waals surface area contributed by atoms with Crippen LogP contribution in [0.15, 0.2) is 48.8 Å².